The quantitative estimate of drug-likeness (QED) is 0.634. The van der Waals surface area contributed by atoms with Crippen molar-refractivity contribution in [3.8, 4) is 6.07 Å². The first-order valence-electron chi connectivity index (χ1n) is 7.97. The monoisotopic (exact) mass is 324 g/mol. The highest BCUT2D eigenvalue weighted by molar-refractivity contribution is 5.79. The van der Waals surface area contributed by atoms with Crippen LogP contribution in [0.5, 0.6) is 0 Å². The van der Waals surface area contributed by atoms with Gasteiger partial charge in [-0.3, -0.25) is 0 Å². The molecule has 0 aromatic heterocycles. The average Bonchev–Trinajstić information content (AvgIpc) is 2.60. The van der Waals surface area contributed by atoms with Crippen LogP contribution in [0, 0.1) is 17.1 Å². The highest BCUT2D eigenvalue weighted by Gasteiger charge is 2.00. The number of halogens is 1. The minimum atomic E-state index is -0.214. The molecule has 0 fully saturated rings. The van der Waals surface area contributed by atoms with Gasteiger partial charge in [0.05, 0.1) is 18.2 Å². The van der Waals surface area contributed by atoms with Crippen LogP contribution < -0.4 is 10.6 Å². The molecule has 0 atom stereocenters. The van der Waals surface area contributed by atoms with E-state index < -0.39 is 0 Å². The van der Waals surface area contributed by atoms with Crippen molar-refractivity contribution in [1.29, 1.82) is 5.26 Å². The molecular formula is C19H21FN4. The third kappa shape index (κ3) is 5.73. The zero-order valence-corrected chi connectivity index (χ0v) is 13.7. The standard InChI is InChI=1S/C19H21FN4/c1-2-22-19(23-11-10-15-4-3-5-18(20)12-15)24-14-17-8-6-16(13-21)7-9-17/h3-9,12H,2,10-11,14H2,1H3,(H2,22,23,24). The number of nitrogens with one attached hydrogen (secondary N) is 2. The molecule has 2 aromatic rings. The van der Waals surface area contributed by atoms with Crippen molar-refractivity contribution in [2.45, 2.75) is 19.9 Å². The molecule has 0 aliphatic heterocycles. The van der Waals surface area contributed by atoms with Crippen molar-refractivity contribution in [2.24, 2.45) is 4.99 Å². The molecule has 0 unspecified atom stereocenters. The molecule has 2 N–H and O–H groups in total. The maximum absolute atomic E-state index is 13.2. The van der Waals surface area contributed by atoms with E-state index in [2.05, 4.69) is 21.7 Å². The van der Waals surface area contributed by atoms with E-state index in [1.807, 2.05) is 25.1 Å². The zero-order chi connectivity index (χ0) is 17.2. The van der Waals surface area contributed by atoms with Crippen LogP contribution in [-0.2, 0) is 13.0 Å². The Morgan fingerprint density at radius 1 is 1.12 bits per heavy atom. The summed E-state index contributed by atoms with van der Waals surface area (Å²) >= 11 is 0. The third-order valence-corrected chi connectivity index (χ3v) is 3.44. The summed E-state index contributed by atoms with van der Waals surface area (Å²) in [5.41, 5.74) is 2.63. The Hall–Kier alpha value is -2.87. The van der Waals surface area contributed by atoms with Crippen LogP contribution in [0.15, 0.2) is 53.5 Å². The highest BCUT2D eigenvalue weighted by Crippen LogP contribution is 2.05. The van der Waals surface area contributed by atoms with Crippen molar-refractivity contribution in [3.05, 3.63) is 71.0 Å². The number of aliphatic imine (C=N–C) groups is 1. The van der Waals surface area contributed by atoms with Gasteiger partial charge >= 0.3 is 0 Å². The Balaban J connectivity index is 1.89. The van der Waals surface area contributed by atoms with E-state index in [0.717, 1.165) is 30.1 Å². The summed E-state index contributed by atoms with van der Waals surface area (Å²) in [4.78, 5) is 4.53. The molecule has 0 heterocycles. The first-order chi connectivity index (χ1) is 11.7. The van der Waals surface area contributed by atoms with Crippen molar-refractivity contribution < 1.29 is 4.39 Å². The molecule has 2 rings (SSSR count). The SMILES string of the molecule is CCNC(=NCc1ccc(C#N)cc1)NCCc1cccc(F)c1. The number of hydrogen-bond acceptors (Lipinski definition) is 2. The Kier molecular flexibility index (Phi) is 6.78. The number of nitrogens with zero attached hydrogens (tertiary/aromatic N) is 2. The first kappa shape index (κ1) is 17.5. The smallest absolute Gasteiger partial charge is 0.191 e. The van der Waals surface area contributed by atoms with Gasteiger partial charge in [0.25, 0.3) is 0 Å². The topological polar surface area (TPSA) is 60.2 Å². The highest BCUT2D eigenvalue weighted by atomic mass is 19.1. The van der Waals surface area contributed by atoms with Gasteiger partial charge in [0, 0.05) is 13.1 Å². The lowest BCUT2D eigenvalue weighted by atomic mass is 10.1. The van der Waals surface area contributed by atoms with Gasteiger partial charge in [-0.05, 0) is 48.7 Å². The normalized spacial score (nSPS) is 11.0. The summed E-state index contributed by atoms with van der Waals surface area (Å²) in [6.45, 7) is 3.97. The number of rotatable bonds is 6. The van der Waals surface area contributed by atoms with Gasteiger partial charge in [0.2, 0.25) is 0 Å². The van der Waals surface area contributed by atoms with E-state index in [9.17, 15) is 4.39 Å². The first-order valence-corrected chi connectivity index (χ1v) is 7.97. The van der Waals surface area contributed by atoms with Crippen LogP contribution >= 0.6 is 0 Å². The fourth-order valence-corrected chi connectivity index (χ4v) is 2.21. The second kappa shape index (κ2) is 9.31. The molecule has 0 aliphatic rings. The van der Waals surface area contributed by atoms with E-state index in [4.69, 9.17) is 5.26 Å². The maximum Gasteiger partial charge on any atom is 0.191 e. The molecule has 0 saturated heterocycles. The lowest BCUT2D eigenvalue weighted by Crippen LogP contribution is -2.38. The molecule has 0 radical (unpaired) electrons. The Bertz CT molecular complexity index is 717. The molecule has 0 spiro atoms. The molecule has 2 aromatic carbocycles. The van der Waals surface area contributed by atoms with Crippen molar-refractivity contribution >= 4 is 5.96 Å². The van der Waals surface area contributed by atoms with Crippen molar-refractivity contribution in [3.63, 3.8) is 0 Å². The zero-order valence-electron chi connectivity index (χ0n) is 13.7. The molecule has 0 amide bonds. The lowest BCUT2D eigenvalue weighted by Gasteiger charge is -2.11. The third-order valence-electron chi connectivity index (χ3n) is 3.44. The Morgan fingerprint density at radius 2 is 1.92 bits per heavy atom. The number of benzene rings is 2. The van der Waals surface area contributed by atoms with Gasteiger partial charge < -0.3 is 10.6 Å². The predicted molar refractivity (Wildman–Crippen MR) is 94.1 cm³/mol. The maximum atomic E-state index is 13.2. The predicted octanol–water partition coefficient (Wildman–Crippen LogP) is 3.00. The minimum Gasteiger partial charge on any atom is -0.357 e. The van der Waals surface area contributed by atoms with Gasteiger partial charge in [-0.25, -0.2) is 9.38 Å². The van der Waals surface area contributed by atoms with Gasteiger partial charge in [-0.2, -0.15) is 5.26 Å². The van der Waals surface area contributed by atoms with Crippen molar-refractivity contribution in [2.75, 3.05) is 13.1 Å². The fourth-order valence-electron chi connectivity index (χ4n) is 2.21. The summed E-state index contributed by atoms with van der Waals surface area (Å²) in [7, 11) is 0. The van der Waals surface area contributed by atoms with Gasteiger partial charge in [-0.15, -0.1) is 0 Å². The summed E-state index contributed by atoms with van der Waals surface area (Å²) in [5.74, 6) is 0.507. The van der Waals surface area contributed by atoms with Crippen LogP contribution in [0.25, 0.3) is 0 Å². The van der Waals surface area contributed by atoms with Crippen LogP contribution in [0.2, 0.25) is 0 Å². The fraction of sp³-hybridized carbons (Fsp3) is 0.263. The van der Waals surface area contributed by atoms with E-state index in [1.54, 1.807) is 24.3 Å². The van der Waals surface area contributed by atoms with Gasteiger partial charge in [-0.1, -0.05) is 24.3 Å². The average molecular weight is 324 g/mol. The number of guanidine groups is 1. The van der Waals surface area contributed by atoms with Crippen molar-refractivity contribution in [1.82, 2.24) is 10.6 Å². The lowest BCUT2D eigenvalue weighted by molar-refractivity contribution is 0.625. The molecule has 5 heteroatoms. The van der Waals surface area contributed by atoms with E-state index in [1.165, 1.54) is 6.07 Å². The number of hydrogen-bond donors (Lipinski definition) is 2. The second-order valence-electron chi connectivity index (χ2n) is 5.31. The van der Waals surface area contributed by atoms with Crippen LogP contribution in [-0.4, -0.2) is 19.0 Å². The number of nitriles is 1. The van der Waals surface area contributed by atoms with Crippen LogP contribution in [0.3, 0.4) is 0 Å². The summed E-state index contributed by atoms with van der Waals surface area (Å²) < 4.78 is 13.2. The molecule has 24 heavy (non-hydrogen) atoms. The molecule has 0 saturated carbocycles. The molecule has 4 nitrogen and oxygen atoms in total. The van der Waals surface area contributed by atoms with Gasteiger partial charge in [0.1, 0.15) is 5.82 Å². The Morgan fingerprint density at radius 3 is 2.58 bits per heavy atom. The second-order valence-corrected chi connectivity index (χ2v) is 5.31. The molecule has 124 valence electrons. The van der Waals surface area contributed by atoms with E-state index in [0.29, 0.717) is 18.7 Å². The van der Waals surface area contributed by atoms with Crippen LogP contribution in [0.1, 0.15) is 23.6 Å². The van der Waals surface area contributed by atoms with E-state index in [-0.39, 0.29) is 5.82 Å². The van der Waals surface area contributed by atoms with E-state index >= 15 is 0 Å². The molecule has 0 bridgehead atoms. The summed E-state index contributed by atoms with van der Waals surface area (Å²) in [6, 6.07) is 16.1. The molecule has 0 aliphatic carbocycles. The van der Waals surface area contributed by atoms with Gasteiger partial charge in [0.15, 0.2) is 5.96 Å². The summed E-state index contributed by atoms with van der Waals surface area (Å²) in [5, 5.41) is 15.2. The minimum absolute atomic E-state index is 0.214. The van der Waals surface area contributed by atoms with Crippen LogP contribution in [0.4, 0.5) is 4.39 Å². The molecular weight excluding hydrogens is 303 g/mol. The summed E-state index contributed by atoms with van der Waals surface area (Å²) in [6.07, 6.45) is 0.721. The largest absolute Gasteiger partial charge is 0.357 e. The Labute approximate surface area is 142 Å².